The number of nitrogens with one attached hydrogen (secondary N) is 1. The van der Waals surface area contributed by atoms with Crippen LogP contribution >= 0.6 is 0 Å². The highest BCUT2D eigenvalue weighted by molar-refractivity contribution is 4.81. The van der Waals surface area contributed by atoms with Gasteiger partial charge in [-0.1, -0.05) is 27.2 Å². The summed E-state index contributed by atoms with van der Waals surface area (Å²) in [4.78, 5) is 2.56. The van der Waals surface area contributed by atoms with Crippen molar-refractivity contribution in [3.05, 3.63) is 0 Å². The van der Waals surface area contributed by atoms with Crippen molar-refractivity contribution in [2.75, 3.05) is 32.8 Å². The molecule has 0 saturated carbocycles. The van der Waals surface area contributed by atoms with Crippen molar-refractivity contribution in [3.8, 4) is 0 Å². The third kappa shape index (κ3) is 7.02. The van der Waals surface area contributed by atoms with Crippen LogP contribution in [0.25, 0.3) is 0 Å². The van der Waals surface area contributed by atoms with E-state index >= 15 is 0 Å². The molecular formula is C14H30N2O. The molecule has 0 aliphatic carbocycles. The highest BCUT2D eigenvalue weighted by atomic mass is 16.5. The molecular weight excluding hydrogens is 212 g/mol. The molecule has 0 spiro atoms. The Morgan fingerprint density at radius 1 is 1.29 bits per heavy atom. The van der Waals surface area contributed by atoms with Crippen LogP contribution in [0.3, 0.4) is 0 Å². The summed E-state index contributed by atoms with van der Waals surface area (Å²) in [7, 11) is 0. The Morgan fingerprint density at radius 3 is 2.76 bits per heavy atom. The molecule has 0 amide bonds. The maximum Gasteiger partial charge on any atom is 0.0478 e. The lowest BCUT2D eigenvalue weighted by Gasteiger charge is -2.18. The van der Waals surface area contributed by atoms with Crippen LogP contribution in [0.2, 0.25) is 0 Å². The summed E-state index contributed by atoms with van der Waals surface area (Å²) < 4.78 is 5.58. The molecule has 0 bridgehead atoms. The first-order valence-corrected chi connectivity index (χ1v) is 7.28. The molecule has 1 aliphatic heterocycles. The van der Waals surface area contributed by atoms with Crippen molar-refractivity contribution in [3.63, 3.8) is 0 Å². The number of unbranched alkanes of at least 4 members (excludes halogenated alkanes) is 1. The third-order valence-electron chi connectivity index (χ3n) is 3.25. The zero-order valence-electron chi connectivity index (χ0n) is 11.9. The van der Waals surface area contributed by atoms with Gasteiger partial charge >= 0.3 is 0 Å². The first-order valence-electron chi connectivity index (χ1n) is 7.28. The standard InChI is InChI=1S/C14H30N2O/c1-4-5-10-17-11-6-8-16-9-7-14(12-16)15-13(2)3/h13-15H,4-12H2,1-3H3. The zero-order chi connectivity index (χ0) is 12.5. The Kier molecular flexibility index (Phi) is 7.82. The van der Waals surface area contributed by atoms with E-state index in [1.54, 1.807) is 0 Å². The Balaban J connectivity index is 1.95. The number of ether oxygens (including phenoxy) is 1. The van der Waals surface area contributed by atoms with Gasteiger partial charge in [0.1, 0.15) is 0 Å². The third-order valence-corrected chi connectivity index (χ3v) is 3.25. The van der Waals surface area contributed by atoms with Gasteiger partial charge < -0.3 is 15.0 Å². The van der Waals surface area contributed by atoms with E-state index < -0.39 is 0 Å². The van der Waals surface area contributed by atoms with Gasteiger partial charge in [-0.25, -0.2) is 0 Å². The van der Waals surface area contributed by atoms with Gasteiger partial charge in [0.05, 0.1) is 0 Å². The molecule has 1 fully saturated rings. The number of nitrogens with zero attached hydrogens (tertiary/aromatic N) is 1. The topological polar surface area (TPSA) is 24.5 Å². The summed E-state index contributed by atoms with van der Waals surface area (Å²) >= 11 is 0. The fraction of sp³-hybridized carbons (Fsp3) is 1.00. The van der Waals surface area contributed by atoms with E-state index in [2.05, 4.69) is 31.0 Å². The van der Waals surface area contributed by atoms with E-state index in [0.29, 0.717) is 12.1 Å². The van der Waals surface area contributed by atoms with Gasteiger partial charge in [-0.05, 0) is 25.8 Å². The average molecular weight is 242 g/mol. The monoisotopic (exact) mass is 242 g/mol. The molecule has 1 rings (SSSR count). The van der Waals surface area contributed by atoms with Crippen molar-refractivity contribution < 1.29 is 4.74 Å². The van der Waals surface area contributed by atoms with Gasteiger partial charge in [0, 0.05) is 38.4 Å². The van der Waals surface area contributed by atoms with Crippen LogP contribution in [0.15, 0.2) is 0 Å². The molecule has 1 heterocycles. The van der Waals surface area contributed by atoms with E-state index in [1.165, 1.54) is 45.3 Å². The summed E-state index contributed by atoms with van der Waals surface area (Å²) in [6.45, 7) is 12.2. The van der Waals surface area contributed by atoms with E-state index in [1.807, 2.05) is 0 Å². The van der Waals surface area contributed by atoms with Crippen LogP contribution in [0.1, 0.15) is 46.5 Å². The maximum absolute atomic E-state index is 5.58. The maximum atomic E-state index is 5.58. The molecule has 1 aliphatic rings. The minimum absolute atomic E-state index is 0.609. The van der Waals surface area contributed by atoms with Gasteiger partial charge in [0.2, 0.25) is 0 Å². The summed E-state index contributed by atoms with van der Waals surface area (Å²) in [5, 5.41) is 3.62. The van der Waals surface area contributed by atoms with E-state index in [9.17, 15) is 0 Å². The second kappa shape index (κ2) is 8.90. The Bertz CT molecular complexity index is 185. The Morgan fingerprint density at radius 2 is 2.06 bits per heavy atom. The summed E-state index contributed by atoms with van der Waals surface area (Å²) in [5.41, 5.74) is 0. The molecule has 1 saturated heterocycles. The molecule has 0 aromatic heterocycles. The molecule has 0 aromatic carbocycles. The SMILES string of the molecule is CCCCOCCCN1CCC(NC(C)C)C1. The predicted octanol–water partition coefficient (Wildman–Crippen LogP) is 2.27. The molecule has 3 heteroatoms. The molecule has 3 nitrogen and oxygen atoms in total. The fourth-order valence-electron chi connectivity index (χ4n) is 2.38. The minimum atomic E-state index is 0.609. The largest absolute Gasteiger partial charge is 0.381 e. The van der Waals surface area contributed by atoms with E-state index in [0.717, 1.165) is 13.2 Å². The van der Waals surface area contributed by atoms with Gasteiger partial charge in [-0.15, -0.1) is 0 Å². The van der Waals surface area contributed by atoms with Crippen molar-refractivity contribution in [1.29, 1.82) is 0 Å². The predicted molar refractivity (Wildman–Crippen MR) is 73.5 cm³/mol. The molecule has 102 valence electrons. The van der Waals surface area contributed by atoms with Gasteiger partial charge in [0.25, 0.3) is 0 Å². The van der Waals surface area contributed by atoms with Crippen molar-refractivity contribution >= 4 is 0 Å². The first-order chi connectivity index (χ1) is 8.22. The number of likely N-dealkylation sites (tertiary alicyclic amines) is 1. The smallest absolute Gasteiger partial charge is 0.0478 e. The first kappa shape index (κ1) is 14.9. The lowest BCUT2D eigenvalue weighted by Crippen LogP contribution is -2.37. The quantitative estimate of drug-likeness (QED) is 0.628. The van der Waals surface area contributed by atoms with Gasteiger partial charge in [-0.3, -0.25) is 0 Å². The molecule has 0 radical (unpaired) electrons. The van der Waals surface area contributed by atoms with Crippen LogP contribution in [0.4, 0.5) is 0 Å². The molecule has 1 N–H and O–H groups in total. The summed E-state index contributed by atoms with van der Waals surface area (Å²) in [6.07, 6.45) is 4.91. The Hall–Kier alpha value is -0.120. The Labute approximate surface area is 107 Å². The van der Waals surface area contributed by atoms with E-state index in [4.69, 9.17) is 4.74 Å². The van der Waals surface area contributed by atoms with Crippen LogP contribution in [-0.2, 0) is 4.74 Å². The lowest BCUT2D eigenvalue weighted by molar-refractivity contribution is 0.120. The average Bonchev–Trinajstić information content (AvgIpc) is 2.70. The minimum Gasteiger partial charge on any atom is -0.381 e. The zero-order valence-corrected chi connectivity index (χ0v) is 11.9. The molecule has 1 atom stereocenters. The molecule has 0 aromatic rings. The summed E-state index contributed by atoms with van der Waals surface area (Å²) in [6, 6.07) is 1.31. The second-order valence-electron chi connectivity index (χ2n) is 5.43. The number of rotatable bonds is 9. The van der Waals surface area contributed by atoms with Crippen molar-refractivity contribution in [2.45, 2.75) is 58.5 Å². The van der Waals surface area contributed by atoms with Crippen molar-refractivity contribution in [1.82, 2.24) is 10.2 Å². The highest BCUT2D eigenvalue weighted by Crippen LogP contribution is 2.10. The van der Waals surface area contributed by atoms with Crippen LogP contribution in [0.5, 0.6) is 0 Å². The second-order valence-corrected chi connectivity index (χ2v) is 5.43. The highest BCUT2D eigenvalue weighted by Gasteiger charge is 2.21. The summed E-state index contributed by atoms with van der Waals surface area (Å²) in [5.74, 6) is 0. The van der Waals surface area contributed by atoms with Gasteiger partial charge in [0.15, 0.2) is 0 Å². The van der Waals surface area contributed by atoms with Crippen LogP contribution < -0.4 is 5.32 Å². The molecule has 1 unspecified atom stereocenters. The van der Waals surface area contributed by atoms with Crippen LogP contribution in [-0.4, -0.2) is 49.8 Å². The normalized spacial score (nSPS) is 21.5. The van der Waals surface area contributed by atoms with Gasteiger partial charge in [-0.2, -0.15) is 0 Å². The van der Waals surface area contributed by atoms with Crippen molar-refractivity contribution in [2.24, 2.45) is 0 Å². The van der Waals surface area contributed by atoms with E-state index in [-0.39, 0.29) is 0 Å². The molecule has 17 heavy (non-hydrogen) atoms. The fourth-order valence-corrected chi connectivity index (χ4v) is 2.38. The van der Waals surface area contributed by atoms with Crippen LogP contribution in [0, 0.1) is 0 Å². The lowest BCUT2D eigenvalue weighted by atomic mass is 10.2. The number of hydrogen-bond acceptors (Lipinski definition) is 3. The number of hydrogen-bond donors (Lipinski definition) is 1.